The normalized spacial score (nSPS) is 12.6. The van der Waals surface area contributed by atoms with Crippen molar-refractivity contribution in [1.82, 2.24) is 9.88 Å². The van der Waals surface area contributed by atoms with Gasteiger partial charge in [0.15, 0.2) is 0 Å². The summed E-state index contributed by atoms with van der Waals surface area (Å²) in [6, 6.07) is 9.88. The zero-order valence-electron chi connectivity index (χ0n) is 11.4. The van der Waals surface area contributed by atoms with Gasteiger partial charge in [-0.25, -0.2) is 0 Å². The van der Waals surface area contributed by atoms with E-state index in [9.17, 15) is 14.4 Å². The minimum absolute atomic E-state index is 0. The van der Waals surface area contributed by atoms with Crippen LogP contribution in [0.25, 0.3) is 0 Å². The fraction of sp³-hybridized carbons (Fsp3) is 0.0667. The van der Waals surface area contributed by atoms with Crippen molar-refractivity contribution in [2.24, 2.45) is 0 Å². The topological polar surface area (TPSA) is 79.4 Å². The molecule has 1 aromatic heterocycles. The number of hydrogen-bond acceptors (Lipinski definition) is 4. The van der Waals surface area contributed by atoms with Crippen molar-refractivity contribution in [3.63, 3.8) is 0 Å². The predicted molar refractivity (Wildman–Crippen MR) is 81.9 cm³/mol. The maximum atomic E-state index is 12.1. The standard InChI is InChI=1S/C15H11N3O3.ClH/c19-13(17-10-4-3-7-16-8-10)9-18-14(20)11-5-1-2-6-12(11)15(18)21;/h1-8H,9H2,(H,17,19);1H. The summed E-state index contributed by atoms with van der Waals surface area (Å²) in [7, 11) is 0. The van der Waals surface area contributed by atoms with Crippen LogP contribution in [0.15, 0.2) is 48.8 Å². The highest BCUT2D eigenvalue weighted by Crippen LogP contribution is 2.22. The number of aromatic nitrogens is 1. The number of pyridine rings is 1. The molecular weight excluding hydrogens is 306 g/mol. The number of nitrogens with one attached hydrogen (secondary N) is 1. The van der Waals surface area contributed by atoms with Gasteiger partial charge in [0.1, 0.15) is 6.54 Å². The lowest BCUT2D eigenvalue weighted by molar-refractivity contribution is -0.116. The third-order valence-electron chi connectivity index (χ3n) is 3.13. The Balaban J connectivity index is 0.00000176. The number of imide groups is 1. The van der Waals surface area contributed by atoms with E-state index in [2.05, 4.69) is 10.3 Å². The van der Waals surface area contributed by atoms with E-state index >= 15 is 0 Å². The molecule has 0 aliphatic carbocycles. The molecule has 0 fully saturated rings. The molecule has 0 atom stereocenters. The second-order valence-electron chi connectivity index (χ2n) is 4.53. The van der Waals surface area contributed by atoms with Crippen molar-refractivity contribution >= 4 is 35.8 Å². The number of carbonyl (C=O) groups excluding carboxylic acids is 3. The average molecular weight is 318 g/mol. The van der Waals surface area contributed by atoms with Crippen LogP contribution in [-0.2, 0) is 4.79 Å². The summed E-state index contributed by atoms with van der Waals surface area (Å²) >= 11 is 0. The van der Waals surface area contributed by atoms with Crippen LogP contribution >= 0.6 is 12.4 Å². The lowest BCUT2D eigenvalue weighted by Gasteiger charge is -2.13. The second-order valence-corrected chi connectivity index (χ2v) is 4.53. The molecule has 0 spiro atoms. The molecule has 0 bridgehead atoms. The van der Waals surface area contributed by atoms with Gasteiger partial charge in [-0.05, 0) is 24.3 Å². The summed E-state index contributed by atoms with van der Waals surface area (Å²) < 4.78 is 0. The Morgan fingerprint density at radius 1 is 1.05 bits per heavy atom. The minimum Gasteiger partial charge on any atom is -0.323 e. The van der Waals surface area contributed by atoms with Crippen LogP contribution in [0.2, 0.25) is 0 Å². The lowest BCUT2D eigenvalue weighted by atomic mass is 10.1. The van der Waals surface area contributed by atoms with Crippen molar-refractivity contribution in [2.45, 2.75) is 0 Å². The summed E-state index contributed by atoms with van der Waals surface area (Å²) in [4.78, 5) is 41.0. The first kappa shape index (κ1) is 15.7. The molecule has 1 aliphatic rings. The van der Waals surface area contributed by atoms with Gasteiger partial charge in [-0.15, -0.1) is 12.4 Å². The third kappa shape index (κ3) is 2.82. The van der Waals surface area contributed by atoms with Crippen LogP contribution in [0.1, 0.15) is 20.7 Å². The summed E-state index contributed by atoms with van der Waals surface area (Å²) in [5.74, 6) is -1.34. The van der Waals surface area contributed by atoms with Gasteiger partial charge in [0, 0.05) is 6.20 Å². The van der Waals surface area contributed by atoms with Gasteiger partial charge in [0.05, 0.1) is 23.0 Å². The first-order valence-electron chi connectivity index (χ1n) is 6.32. The molecule has 0 radical (unpaired) electrons. The van der Waals surface area contributed by atoms with E-state index in [1.165, 1.54) is 6.20 Å². The fourth-order valence-electron chi connectivity index (χ4n) is 2.16. The van der Waals surface area contributed by atoms with E-state index in [1.54, 1.807) is 42.6 Å². The molecule has 1 aliphatic heterocycles. The molecule has 112 valence electrons. The van der Waals surface area contributed by atoms with Crippen molar-refractivity contribution in [3.8, 4) is 0 Å². The van der Waals surface area contributed by atoms with E-state index < -0.39 is 17.7 Å². The van der Waals surface area contributed by atoms with Crippen molar-refractivity contribution < 1.29 is 14.4 Å². The van der Waals surface area contributed by atoms with Gasteiger partial charge in [0.25, 0.3) is 11.8 Å². The summed E-state index contributed by atoms with van der Waals surface area (Å²) in [6.45, 7) is -0.318. The van der Waals surface area contributed by atoms with Gasteiger partial charge in [-0.1, -0.05) is 12.1 Å². The first-order valence-corrected chi connectivity index (χ1v) is 6.32. The molecular formula is C15H12ClN3O3. The Labute approximate surface area is 132 Å². The Bertz CT molecular complexity index is 699. The number of rotatable bonds is 3. The highest BCUT2D eigenvalue weighted by molar-refractivity contribution is 6.22. The zero-order chi connectivity index (χ0) is 14.8. The van der Waals surface area contributed by atoms with Gasteiger partial charge >= 0.3 is 0 Å². The second kappa shape index (κ2) is 6.36. The molecule has 0 unspecified atom stereocenters. The number of amides is 3. The molecule has 1 N–H and O–H groups in total. The number of fused-ring (bicyclic) bond motifs is 1. The molecule has 1 aromatic carbocycles. The van der Waals surface area contributed by atoms with Gasteiger partial charge < -0.3 is 5.32 Å². The number of benzene rings is 1. The SMILES string of the molecule is Cl.O=C(CN1C(=O)c2ccccc2C1=O)Nc1cccnc1. The number of hydrogen-bond donors (Lipinski definition) is 1. The van der Waals surface area contributed by atoms with E-state index in [4.69, 9.17) is 0 Å². The Kier molecular flexibility index (Phi) is 4.53. The number of nitrogens with zero attached hydrogens (tertiary/aromatic N) is 2. The molecule has 2 heterocycles. The molecule has 0 saturated carbocycles. The fourth-order valence-corrected chi connectivity index (χ4v) is 2.16. The maximum absolute atomic E-state index is 12.1. The first-order chi connectivity index (χ1) is 10.2. The van der Waals surface area contributed by atoms with Gasteiger partial charge in [-0.3, -0.25) is 24.3 Å². The van der Waals surface area contributed by atoms with E-state index in [1.807, 2.05) is 0 Å². The number of carbonyl (C=O) groups is 3. The minimum atomic E-state index is -0.447. The molecule has 3 amide bonds. The summed E-state index contributed by atoms with van der Waals surface area (Å²) in [5.41, 5.74) is 1.17. The van der Waals surface area contributed by atoms with E-state index in [0.29, 0.717) is 16.8 Å². The van der Waals surface area contributed by atoms with E-state index in [-0.39, 0.29) is 19.0 Å². The molecule has 7 heteroatoms. The number of halogens is 1. The maximum Gasteiger partial charge on any atom is 0.262 e. The Morgan fingerprint density at radius 3 is 2.23 bits per heavy atom. The molecule has 0 saturated heterocycles. The van der Waals surface area contributed by atoms with Gasteiger partial charge in [0.2, 0.25) is 5.91 Å². The molecule has 3 rings (SSSR count). The molecule has 6 nitrogen and oxygen atoms in total. The lowest BCUT2D eigenvalue weighted by Crippen LogP contribution is -2.37. The highest BCUT2D eigenvalue weighted by atomic mass is 35.5. The highest BCUT2D eigenvalue weighted by Gasteiger charge is 2.36. The zero-order valence-corrected chi connectivity index (χ0v) is 12.2. The van der Waals surface area contributed by atoms with Crippen molar-refractivity contribution in [2.75, 3.05) is 11.9 Å². The smallest absolute Gasteiger partial charge is 0.262 e. The Morgan fingerprint density at radius 2 is 1.68 bits per heavy atom. The molecule has 2 aromatic rings. The average Bonchev–Trinajstić information content (AvgIpc) is 2.74. The largest absolute Gasteiger partial charge is 0.323 e. The predicted octanol–water partition coefficient (Wildman–Crippen LogP) is 1.74. The van der Waals surface area contributed by atoms with Crippen LogP contribution < -0.4 is 5.32 Å². The monoisotopic (exact) mass is 317 g/mol. The number of anilines is 1. The Hall–Kier alpha value is -2.73. The van der Waals surface area contributed by atoms with Crippen molar-refractivity contribution in [1.29, 1.82) is 0 Å². The molecule has 22 heavy (non-hydrogen) atoms. The van der Waals surface area contributed by atoms with Crippen LogP contribution in [0.5, 0.6) is 0 Å². The van der Waals surface area contributed by atoms with E-state index in [0.717, 1.165) is 4.90 Å². The summed E-state index contributed by atoms with van der Waals surface area (Å²) in [5, 5.41) is 2.59. The van der Waals surface area contributed by atoms with Crippen LogP contribution in [0.3, 0.4) is 0 Å². The summed E-state index contributed by atoms with van der Waals surface area (Å²) in [6.07, 6.45) is 3.07. The van der Waals surface area contributed by atoms with Gasteiger partial charge in [-0.2, -0.15) is 0 Å². The van der Waals surface area contributed by atoms with Crippen LogP contribution in [0.4, 0.5) is 5.69 Å². The third-order valence-corrected chi connectivity index (χ3v) is 3.13. The van der Waals surface area contributed by atoms with Crippen LogP contribution in [0, 0.1) is 0 Å². The van der Waals surface area contributed by atoms with Crippen LogP contribution in [-0.4, -0.2) is 34.2 Å². The quantitative estimate of drug-likeness (QED) is 0.874. The van der Waals surface area contributed by atoms with Crippen molar-refractivity contribution in [3.05, 3.63) is 59.9 Å².